The summed E-state index contributed by atoms with van der Waals surface area (Å²) >= 11 is 0. The van der Waals surface area contributed by atoms with Crippen molar-refractivity contribution in [3.8, 4) is 5.75 Å². The van der Waals surface area contributed by atoms with Gasteiger partial charge < -0.3 is 10.1 Å². The van der Waals surface area contributed by atoms with Crippen molar-refractivity contribution in [2.75, 3.05) is 11.9 Å². The molecule has 2 aromatic carbocycles. The highest BCUT2D eigenvalue weighted by atomic mass is 16.5. The number of ether oxygens (including phenoxy) is 1. The maximum absolute atomic E-state index is 12.4. The molecule has 0 radical (unpaired) electrons. The molecule has 1 aliphatic rings. The van der Waals surface area contributed by atoms with Crippen LogP contribution in [0.15, 0.2) is 42.5 Å². The maximum Gasteiger partial charge on any atom is 0.224 e. The van der Waals surface area contributed by atoms with Crippen molar-refractivity contribution >= 4 is 17.4 Å². The highest BCUT2D eigenvalue weighted by Crippen LogP contribution is 2.23. The molecular formula is C23H27NO3. The largest absolute Gasteiger partial charge is 0.494 e. The predicted octanol–water partition coefficient (Wildman–Crippen LogP) is 4.96. The van der Waals surface area contributed by atoms with Gasteiger partial charge in [-0.25, -0.2) is 0 Å². The minimum atomic E-state index is -0.150. The number of amides is 1. The van der Waals surface area contributed by atoms with Gasteiger partial charge in [-0.1, -0.05) is 19.1 Å². The smallest absolute Gasteiger partial charge is 0.224 e. The van der Waals surface area contributed by atoms with E-state index in [4.69, 9.17) is 4.74 Å². The summed E-state index contributed by atoms with van der Waals surface area (Å²) in [5.74, 6) is 0.669. The Morgan fingerprint density at radius 3 is 2.44 bits per heavy atom. The van der Waals surface area contributed by atoms with Gasteiger partial charge in [0.2, 0.25) is 5.91 Å². The molecule has 1 amide bonds. The number of hydrogen-bond donors (Lipinski definition) is 1. The van der Waals surface area contributed by atoms with Crippen LogP contribution in [0.3, 0.4) is 0 Å². The number of aryl methyl sites for hydroxylation is 2. The zero-order valence-corrected chi connectivity index (χ0v) is 15.9. The summed E-state index contributed by atoms with van der Waals surface area (Å²) in [6.07, 6.45) is 5.94. The number of fused-ring (bicyclic) bond motifs is 1. The van der Waals surface area contributed by atoms with Gasteiger partial charge in [-0.05, 0) is 73.6 Å². The van der Waals surface area contributed by atoms with Gasteiger partial charge in [0.15, 0.2) is 5.78 Å². The number of benzene rings is 2. The minimum Gasteiger partial charge on any atom is -0.494 e. The average molecular weight is 365 g/mol. The molecule has 2 aromatic rings. The monoisotopic (exact) mass is 365 g/mol. The second-order valence-electron chi connectivity index (χ2n) is 7.03. The Balaban J connectivity index is 1.49. The fourth-order valence-corrected chi connectivity index (χ4v) is 3.36. The van der Waals surface area contributed by atoms with E-state index in [1.807, 2.05) is 36.4 Å². The van der Waals surface area contributed by atoms with Crippen LogP contribution in [-0.4, -0.2) is 18.3 Å². The van der Waals surface area contributed by atoms with Gasteiger partial charge in [-0.15, -0.1) is 0 Å². The van der Waals surface area contributed by atoms with Crippen molar-refractivity contribution in [2.45, 2.75) is 51.9 Å². The molecule has 0 spiro atoms. The minimum absolute atomic E-state index is 0.0295. The second-order valence-corrected chi connectivity index (χ2v) is 7.03. The summed E-state index contributed by atoms with van der Waals surface area (Å²) in [5, 5.41) is 2.84. The first kappa shape index (κ1) is 19.2. The Kier molecular flexibility index (Phi) is 6.64. The predicted molar refractivity (Wildman–Crippen MR) is 108 cm³/mol. The number of carbonyl (C=O) groups is 2. The molecule has 0 aliphatic heterocycles. The van der Waals surface area contributed by atoms with Crippen molar-refractivity contribution in [3.63, 3.8) is 0 Å². The van der Waals surface area contributed by atoms with Crippen LogP contribution in [-0.2, 0) is 17.6 Å². The number of anilines is 1. The Labute approximate surface area is 160 Å². The van der Waals surface area contributed by atoms with Crippen LogP contribution < -0.4 is 10.1 Å². The summed E-state index contributed by atoms with van der Waals surface area (Å²) in [6, 6.07) is 13.3. The van der Waals surface area contributed by atoms with Crippen molar-refractivity contribution in [1.29, 1.82) is 0 Å². The first-order valence-corrected chi connectivity index (χ1v) is 9.83. The summed E-state index contributed by atoms with van der Waals surface area (Å²) in [5.41, 5.74) is 4.09. The van der Waals surface area contributed by atoms with E-state index in [1.165, 1.54) is 24.0 Å². The van der Waals surface area contributed by atoms with E-state index in [9.17, 15) is 9.59 Å². The number of carbonyl (C=O) groups excluding carboxylic acids is 2. The molecule has 3 rings (SSSR count). The third kappa shape index (κ3) is 5.43. The molecule has 4 heteroatoms. The third-order valence-corrected chi connectivity index (χ3v) is 4.86. The van der Waals surface area contributed by atoms with Gasteiger partial charge >= 0.3 is 0 Å². The Hall–Kier alpha value is -2.62. The summed E-state index contributed by atoms with van der Waals surface area (Å²) < 4.78 is 5.53. The first-order valence-electron chi connectivity index (χ1n) is 9.83. The van der Waals surface area contributed by atoms with E-state index in [0.29, 0.717) is 12.3 Å². The van der Waals surface area contributed by atoms with Crippen LogP contribution >= 0.6 is 0 Å². The fourth-order valence-electron chi connectivity index (χ4n) is 3.36. The lowest BCUT2D eigenvalue weighted by Gasteiger charge is -2.16. The topological polar surface area (TPSA) is 55.4 Å². The highest BCUT2D eigenvalue weighted by Gasteiger charge is 2.14. The zero-order valence-electron chi connectivity index (χ0n) is 15.9. The molecule has 1 N–H and O–H groups in total. The first-order chi connectivity index (χ1) is 13.2. The van der Waals surface area contributed by atoms with Crippen LogP contribution in [0.4, 0.5) is 5.69 Å². The lowest BCUT2D eigenvalue weighted by Crippen LogP contribution is -2.14. The van der Waals surface area contributed by atoms with Crippen LogP contribution in [0.1, 0.15) is 60.5 Å². The lowest BCUT2D eigenvalue weighted by atomic mass is 9.89. The molecule has 0 aromatic heterocycles. The number of rotatable bonds is 8. The van der Waals surface area contributed by atoms with Gasteiger partial charge in [0, 0.05) is 24.1 Å². The fraction of sp³-hybridized carbons (Fsp3) is 0.391. The third-order valence-electron chi connectivity index (χ3n) is 4.86. The molecule has 1 aliphatic carbocycles. The van der Waals surface area contributed by atoms with Crippen molar-refractivity contribution < 1.29 is 14.3 Å². The maximum atomic E-state index is 12.4. The van der Waals surface area contributed by atoms with Crippen molar-refractivity contribution in [1.82, 2.24) is 0 Å². The summed E-state index contributed by atoms with van der Waals surface area (Å²) in [7, 11) is 0. The molecule has 27 heavy (non-hydrogen) atoms. The second kappa shape index (κ2) is 9.36. The molecule has 0 fully saturated rings. The van der Waals surface area contributed by atoms with E-state index in [0.717, 1.165) is 30.6 Å². The molecule has 0 bridgehead atoms. The van der Waals surface area contributed by atoms with Crippen LogP contribution in [0.2, 0.25) is 0 Å². The Bertz CT molecular complexity index is 796. The SMILES string of the molecule is CCCOc1ccc(NC(=O)CCC(=O)c2ccc3c(c2)CCCC3)cc1. The number of nitrogens with one attached hydrogen (secondary N) is 1. The molecule has 0 unspecified atom stereocenters. The van der Waals surface area contributed by atoms with E-state index < -0.39 is 0 Å². The van der Waals surface area contributed by atoms with Crippen molar-refractivity contribution in [3.05, 3.63) is 59.2 Å². The standard InChI is InChI=1S/C23H27NO3/c1-2-15-27-21-11-9-20(10-12-21)24-23(26)14-13-22(25)19-8-7-17-5-3-4-6-18(17)16-19/h7-12,16H,2-6,13-15H2,1H3,(H,24,26). The molecular weight excluding hydrogens is 338 g/mol. The van der Waals surface area contributed by atoms with E-state index in [-0.39, 0.29) is 24.5 Å². The highest BCUT2D eigenvalue weighted by molar-refractivity contribution is 6.00. The van der Waals surface area contributed by atoms with Gasteiger partial charge in [0.25, 0.3) is 0 Å². The molecule has 0 atom stereocenters. The zero-order chi connectivity index (χ0) is 19.1. The molecule has 142 valence electrons. The van der Waals surface area contributed by atoms with Gasteiger partial charge in [-0.3, -0.25) is 9.59 Å². The van der Waals surface area contributed by atoms with Crippen LogP contribution in [0, 0.1) is 0 Å². The molecule has 0 heterocycles. The van der Waals surface area contributed by atoms with E-state index >= 15 is 0 Å². The van der Waals surface area contributed by atoms with Gasteiger partial charge in [-0.2, -0.15) is 0 Å². The molecule has 0 saturated heterocycles. The summed E-state index contributed by atoms with van der Waals surface area (Å²) in [4.78, 5) is 24.6. The Morgan fingerprint density at radius 1 is 0.963 bits per heavy atom. The van der Waals surface area contributed by atoms with Crippen LogP contribution in [0.5, 0.6) is 5.75 Å². The number of Topliss-reactive ketones (excluding diaryl/α,β-unsaturated/α-hetero) is 1. The van der Waals surface area contributed by atoms with E-state index in [2.05, 4.69) is 18.3 Å². The lowest BCUT2D eigenvalue weighted by molar-refractivity contribution is -0.116. The quantitative estimate of drug-likeness (QED) is 0.673. The number of ketones is 1. The summed E-state index contributed by atoms with van der Waals surface area (Å²) in [6.45, 7) is 2.73. The normalized spacial score (nSPS) is 12.9. The van der Waals surface area contributed by atoms with E-state index in [1.54, 1.807) is 0 Å². The van der Waals surface area contributed by atoms with Crippen molar-refractivity contribution in [2.24, 2.45) is 0 Å². The Morgan fingerprint density at radius 2 is 1.70 bits per heavy atom. The molecule has 4 nitrogen and oxygen atoms in total. The van der Waals surface area contributed by atoms with Crippen LogP contribution in [0.25, 0.3) is 0 Å². The van der Waals surface area contributed by atoms with Gasteiger partial charge in [0.05, 0.1) is 6.61 Å². The van der Waals surface area contributed by atoms with Gasteiger partial charge in [0.1, 0.15) is 5.75 Å². The average Bonchev–Trinajstić information content (AvgIpc) is 2.71. The molecule has 0 saturated carbocycles. The number of hydrogen-bond acceptors (Lipinski definition) is 3.